The summed E-state index contributed by atoms with van der Waals surface area (Å²) < 4.78 is 5.33. The molecule has 2 unspecified atom stereocenters. The van der Waals surface area contributed by atoms with E-state index in [-0.39, 0.29) is 0 Å². The van der Waals surface area contributed by atoms with Crippen LogP contribution in [0, 0.1) is 11.8 Å². The summed E-state index contributed by atoms with van der Waals surface area (Å²) in [7, 11) is 0. The van der Waals surface area contributed by atoms with Crippen molar-refractivity contribution in [2.75, 3.05) is 51.0 Å². The summed E-state index contributed by atoms with van der Waals surface area (Å²) in [5, 5.41) is 9.45. The van der Waals surface area contributed by atoms with E-state index in [4.69, 9.17) is 4.74 Å². The van der Waals surface area contributed by atoms with E-state index in [0.29, 0.717) is 12.5 Å². The SMILES string of the molecule is OCC(CN1CCOCC1)C1CCSC1. The Labute approximate surface area is 96.2 Å². The molecule has 0 aromatic carbocycles. The molecule has 0 aromatic heterocycles. The van der Waals surface area contributed by atoms with E-state index in [1.165, 1.54) is 17.9 Å². The summed E-state index contributed by atoms with van der Waals surface area (Å²) >= 11 is 2.03. The largest absolute Gasteiger partial charge is 0.396 e. The molecule has 88 valence electrons. The second-order valence-corrected chi connectivity index (χ2v) is 5.63. The molecule has 2 rings (SSSR count). The van der Waals surface area contributed by atoms with Gasteiger partial charge in [-0.3, -0.25) is 4.90 Å². The fraction of sp³-hybridized carbons (Fsp3) is 1.00. The van der Waals surface area contributed by atoms with Crippen LogP contribution in [0.15, 0.2) is 0 Å². The zero-order chi connectivity index (χ0) is 10.5. The molecule has 2 atom stereocenters. The van der Waals surface area contributed by atoms with Crippen LogP contribution in [0.3, 0.4) is 0 Å². The molecule has 0 aliphatic carbocycles. The van der Waals surface area contributed by atoms with Crippen molar-refractivity contribution in [3.63, 3.8) is 0 Å². The minimum absolute atomic E-state index is 0.350. The fourth-order valence-electron chi connectivity index (χ4n) is 2.40. The van der Waals surface area contributed by atoms with E-state index >= 15 is 0 Å². The van der Waals surface area contributed by atoms with Crippen molar-refractivity contribution < 1.29 is 9.84 Å². The highest BCUT2D eigenvalue weighted by Gasteiger charge is 2.27. The number of hydrogen-bond acceptors (Lipinski definition) is 4. The van der Waals surface area contributed by atoms with Crippen molar-refractivity contribution in [1.29, 1.82) is 0 Å². The molecule has 2 heterocycles. The van der Waals surface area contributed by atoms with Crippen LogP contribution in [-0.2, 0) is 4.74 Å². The molecule has 1 N–H and O–H groups in total. The van der Waals surface area contributed by atoms with E-state index in [1.807, 2.05) is 11.8 Å². The first-order valence-electron chi connectivity index (χ1n) is 5.89. The maximum atomic E-state index is 9.45. The molecule has 0 aromatic rings. The van der Waals surface area contributed by atoms with Crippen molar-refractivity contribution >= 4 is 11.8 Å². The number of rotatable bonds is 4. The Balaban J connectivity index is 1.78. The Morgan fingerprint density at radius 3 is 2.80 bits per heavy atom. The molecule has 0 saturated carbocycles. The lowest BCUT2D eigenvalue weighted by Gasteiger charge is -2.31. The lowest BCUT2D eigenvalue weighted by atomic mass is 9.92. The molecule has 3 nitrogen and oxygen atoms in total. The van der Waals surface area contributed by atoms with Gasteiger partial charge >= 0.3 is 0 Å². The van der Waals surface area contributed by atoms with Gasteiger partial charge in [-0.05, 0) is 29.8 Å². The van der Waals surface area contributed by atoms with E-state index < -0.39 is 0 Å². The average Bonchev–Trinajstić information content (AvgIpc) is 2.81. The number of ether oxygens (including phenoxy) is 1. The van der Waals surface area contributed by atoms with Crippen molar-refractivity contribution in [3.8, 4) is 0 Å². The van der Waals surface area contributed by atoms with Crippen LogP contribution < -0.4 is 0 Å². The third kappa shape index (κ3) is 3.34. The number of aliphatic hydroxyl groups is 1. The summed E-state index contributed by atoms with van der Waals surface area (Å²) in [5.74, 6) is 3.75. The average molecular weight is 231 g/mol. The number of morpholine rings is 1. The molecule has 15 heavy (non-hydrogen) atoms. The third-order valence-corrected chi connectivity index (χ3v) is 4.65. The summed E-state index contributed by atoms with van der Waals surface area (Å²) in [6.07, 6.45) is 1.29. The van der Waals surface area contributed by atoms with Gasteiger partial charge in [-0.25, -0.2) is 0 Å². The van der Waals surface area contributed by atoms with Gasteiger partial charge in [0, 0.05) is 26.2 Å². The first-order valence-corrected chi connectivity index (χ1v) is 7.04. The molecule has 2 saturated heterocycles. The quantitative estimate of drug-likeness (QED) is 0.771. The van der Waals surface area contributed by atoms with Crippen LogP contribution in [0.1, 0.15) is 6.42 Å². The van der Waals surface area contributed by atoms with Gasteiger partial charge in [0.05, 0.1) is 13.2 Å². The maximum Gasteiger partial charge on any atom is 0.0594 e. The summed E-state index contributed by atoms with van der Waals surface area (Å²) in [6, 6.07) is 0. The predicted octanol–water partition coefficient (Wildman–Crippen LogP) is 0.680. The first kappa shape index (κ1) is 11.7. The first-order chi connectivity index (χ1) is 7.40. The molecule has 0 bridgehead atoms. The molecular formula is C11H21NO2S. The van der Waals surface area contributed by atoms with E-state index in [1.54, 1.807) is 0 Å². The summed E-state index contributed by atoms with van der Waals surface area (Å²) in [5.41, 5.74) is 0. The van der Waals surface area contributed by atoms with Crippen LogP contribution in [0.4, 0.5) is 0 Å². The lowest BCUT2D eigenvalue weighted by Crippen LogP contribution is -2.41. The monoisotopic (exact) mass is 231 g/mol. The molecular weight excluding hydrogens is 210 g/mol. The Morgan fingerprint density at radius 1 is 1.40 bits per heavy atom. The van der Waals surface area contributed by atoms with Crippen LogP contribution in [0.25, 0.3) is 0 Å². The standard InChI is InChI=1S/C11H21NO2S/c13-8-11(10-1-6-15-9-10)7-12-2-4-14-5-3-12/h10-11,13H,1-9H2. The van der Waals surface area contributed by atoms with Gasteiger partial charge in [0.2, 0.25) is 0 Å². The molecule has 2 aliphatic rings. The highest BCUT2D eigenvalue weighted by molar-refractivity contribution is 7.99. The van der Waals surface area contributed by atoms with Gasteiger partial charge in [-0.15, -0.1) is 0 Å². The van der Waals surface area contributed by atoms with Crippen molar-refractivity contribution in [2.45, 2.75) is 6.42 Å². The highest BCUT2D eigenvalue weighted by atomic mass is 32.2. The molecule has 2 aliphatic heterocycles. The minimum atomic E-state index is 0.350. The van der Waals surface area contributed by atoms with Gasteiger partial charge < -0.3 is 9.84 Å². The van der Waals surface area contributed by atoms with Gasteiger partial charge in [-0.2, -0.15) is 11.8 Å². The maximum absolute atomic E-state index is 9.45. The third-order valence-electron chi connectivity index (χ3n) is 3.46. The van der Waals surface area contributed by atoms with Gasteiger partial charge in [0.25, 0.3) is 0 Å². The summed E-state index contributed by atoms with van der Waals surface area (Å²) in [6.45, 7) is 5.20. The zero-order valence-electron chi connectivity index (χ0n) is 9.23. The van der Waals surface area contributed by atoms with Gasteiger partial charge in [0.1, 0.15) is 0 Å². The molecule has 0 radical (unpaired) electrons. The fourth-order valence-corrected chi connectivity index (χ4v) is 3.77. The van der Waals surface area contributed by atoms with Crippen LogP contribution >= 0.6 is 11.8 Å². The Kier molecular flexibility index (Phi) is 4.75. The molecule has 0 amide bonds. The Hall–Kier alpha value is 0.230. The number of nitrogens with zero attached hydrogens (tertiary/aromatic N) is 1. The van der Waals surface area contributed by atoms with Crippen LogP contribution in [-0.4, -0.2) is 61.0 Å². The van der Waals surface area contributed by atoms with Crippen molar-refractivity contribution in [1.82, 2.24) is 4.90 Å². The predicted molar refractivity (Wildman–Crippen MR) is 63.3 cm³/mol. The van der Waals surface area contributed by atoms with Gasteiger partial charge in [-0.1, -0.05) is 0 Å². The van der Waals surface area contributed by atoms with Gasteiger partial charge in [0.15, 0.2) is 0 Å². The van der Waals surface area contributed by atoms with Crippen molar-refractivity contribution in [3.05, 3.63) is 0 Å². The second kappa shape index (κ2) is 6.09. The Bertz CT molecular complexity index is 179. The van der Waals surface area contributed by atoms with E-state index in [0.717, 1.165) is 38.8 Å². The second-order valence-electron chi connectivity index (χ2n) is 4.48. The Morgan fingerprint density at radius 2 is 2.20 bits per heavy atom. The molecule has 0 spiro atoms. The highest BCUT2D eigenvalue weighted by Crippen LogP contribution is 2.30. The molecule has 4 heteroatoms. The number of aliphatic hydroxyl groups excluding tert-OH is 1. The smallest absolute Gasteiger partial charge is 0.0594 e. The van der Waals surface area contributed by atoms with Crippen LogP contribution in [0.2, 0.25) is 0 Å². The topological polar surface area (TPSA) is 32.7 Å². The molecule has 2 fully saturated rings. The summed E-state index contributed by atoms with van der Waals surface area (Å²) in [4.78, 5) is 2.44. The normalized spacial score (nSPS) is 30.6. The van der Waals surface area contributed by atoms with E-state index in [9.17, 15) is 5.11 Å². The van der Waals surface area contributed by atoms with E-state index in [2.05, 4.69) is 4.90 Å². The zero-order valence-corrected chi connectivity index (χ0v) is 10.0. The minimum Gasteiger partial charge on any atom is -0.396 e. The number of hydrogen-bond donors (Lipinski definition) is 1. The van der Waals surface area contributed by atoms with Crippen LogP contribution in [0.5, 0.6) is 0 Å². The van der Waals surface area contributed by atoms with Crippen molar-refractivity contribution in [2.24, 2.45) is 11.8 Å². The lowest BCUT2D eigenvalue weighted by molar-refractivity contribution is 0.0197. The number of thioether (sulfide) groups is 1.